The Labute approximate surface area is 866 Å². The van der Waals surface area contributed by atoms with Gasteiger partial charge in [0.15, 0.2) is 5.78 Å². The van der Waals surface area contributed by atoms with Crippen molar-refractivity contribution in [3.8, 4) is 0 Å². The van der Waals surface area contributed by atoms with Gasteiger partial charge >= 0.3 is 0 Å². The number of carbonyl (C=O) groups is 12. The highest BCUT2D eigenvalue weighted by Crippen LogP contribution is 2.29. The highest BCUT2D eigenvalue weighted by Gasteiger charge is 2.39. The predicted octanol–water partition coefficient (Wildman–Crippen LogP) is 12.0. The van der Waals surface area contributed by atoms with Crippen molar-refractivity contribution >= 4 is 136 Å². The van der Waals surface area contributed by atoms with E-state index < -0.39 is 102 Å². The van der Waals surface area contributed by atoms with Gasteiger partial charge in [-0.25, -0.2) is 0 Å². The molecule has 18 rings (SSSR count). The van der Waals surface area contributed by atoms with Crippen molar-refractivity contribution in [2.45, 2.75) is 158 Å². The Morgan fingerprint density at radius 3 is 0.886 bits per heavy atom. The lowest BCUT2D eigenvalue weighted by molar-refractivity contribution is -0.143. The number of nitrogens with one attached hydrogen (secondary N) is 13. The first-order valence-electron chi connectivity index (χ1n) is 51.5. The number of nitrogens with zero attached hydrogens (tertiary/aromatic N) is 1. The molecule has 3 aliphatic rings. The van der Waals surface area contributed by atoms with Crippen LogP contribution in [-0.4, -0.2) is 186 Å². The number of aromatic nitrogens is 2. The van der Waals surface area contributed by atoms with Crippen molar-refractivity contribution in [1.29, 1.82) is 0 Å². The number of hydrogen-bond acceptors (Lipinski definition) is 15. The van der Waals surface area contributed by atoms with Crippen LogP contribution in [0.3, 0.4) is 0 Å². The van der Waals surface area contributed by atoms with Crippen molar-refractivity contribution in [2.24, 2.45) is 29.2 Å². The van der Waals surface area contributed by atoms with Crippen LogP contribution < -0.4 is 70.0 Å². The molecule has 0 bridgehead atoms. The van der Waals surface area contributed by atoms with E-state index in [1.54, 1.807) is 7.05 Å². The minimum absolute atomic E-state index is 0.139. The number of piperidine rings is 3. The van der Waals surface area contributed by atoms with Gasteiger partial charge in [-0.15, -0.1) is 0 Å². The van der Waals surface area contributed by atoms with E-state index in [0.29, 0.717) is 44.9 Å². The lowest BCUT2D eigenvalue weighted by Crippen LogP contribution is -2.58. The minimum atomic E-state index is -1.07. The van der Waals surface area contributed by atoms with Crippen molar-refractivity contribution in [1.82, 2.24) is 73.4 Å². The summed E-state index contributed by atoms with van der Waals surface area (Å²) in [6.45, 7) is 5.88. The monoisotopic (exact) mass is 2000 g/mol. The van der Waals surface area contributed by atoms with Gasteiger partial charge < -0.3 is 84.8 Å². The van der Waals surface area contributed by atoms with E-state index >= 15 is 0 Å². The number of hydrogen-bond donors (Lipinski definition) is 15. The maximum atomic E-state index is 14.6. The third-order valence-electron chi connectivity index (χ3n) is 28.6. The van der Waals surface area contributed by atoms with Crippen LogP contribution in [0.15, 0.2) is 322 Å². The Morgan fingerprint density at radius 1 is 0.275 bits per heavy atom. The van der Waals surface area contributed by atoms with Crippen LogP contribution in [0, 0.1) is 17.8 Å². The number of fused-ring (bicyclic) bond motifs is 6. The molecule has 3 aliphatic heterocycles. The minimum Gasteiger partial charge on any atom is -0.368 e. The van der Waals surface area contributed by atoms with Gasteiger partial charge in [0.2, 0.25) is 65.0 Å². The summed E-state index contributed by atoms with van der Waals surface area (Å²) in [5.41, 5.74) is 21.1. The van der Waals surface area contributed by atoms with Crippen LogP contribution in [-0.2, 0) is 115 Å². The number of likely N-dealkylation sites (N-methyl/N-ethyl adjacent to an activating group) is 1. The average molecular weight is 2000 g/mol. The first kappa shape index (κ1) is 106. The fourth-order valence-electron chi connectivity index (χ4n) is 20.0. The molecule has 0 aliphatic carbocycles. The molecule has 28 nitrogen and oxygen atoms in total. The van der Waals surface area contributed by atoms with E-state index in [-0.39, 0.29) is 92.6 Å². The molecule has 28 heteroatoms. The quantitative estimate of drug-likeness (QED) is 0.0170. The topological polar surface area (TPSA) is 424 Å². The number of primary amides is 2. The van der Waals surface area contributed by atoms with E-state index in [4.69, 9.17) is 11.5 Å². The van der Waals surface area contributed by atoms with Crippen LogP contribution in [0.5, 0.6) is 0 Å². The van der Waals surface area contributed by atoms with Crippen molar-refractivity contribution in [3.05, 3.63) is 372 Å². The summed E-state index contributed by atoms with van der Waals surface area (Å²) in [7, 11) is 1.59. The molecular weight excluding hydrogens is 1870 g/mol. The van der Waals surface area contributed by atoms with E-state index in [1.807, 2.05) is 322 Å². The number of H-pyrrole nitrogens is 2. The number of benzene rings is 13. The summed E-state index contributed by atoms with van der Waals surface area (Å²) in [6, 6.07) is 90.8. The summed E-state index contributed by atoms with van der Waals surface area (Å²) in [6.07, 6.45) is 9.72. The van der Waals surface area contributed by atoms with E-state index in [1.165, 1.54) is 11.8 Å². The molecule has 0 radical (unpaired) electrons. The van der Waals surface area contributed by atoms with Gasteiger partial charge in [0, 0.05) is 110 Å². The van der Waals surface area contributed by atoms with Gasteiger partial charge in [0.25, 0.3) is 0 Å². The fourth-order valence-corrected chi connectivity index (χ4v) is 20.0. The molecular formula is C121H130N16O12. The number of ketones is 1. The van der Waals surface area contributed by atoms with E-state index in [0.717, 1.165) is 154 Å². The third kappa shape index (κ3) is 29.1. The van der Waals surface area contributed by atoms with Crippen LogP contribution >= 0.6 is 0 Å². The molecule has 5 heterocycles. The molecule has 17 N–H and O–H groups in total. The Bertz CT molecular complexity index is 7220. The largest absolute Gasteiger partial charge is 0.368 e. The molecule has 2 aromatic heterocycles. The van der Waals surface area contributed by atoms with Gasteiger partial charge in [0.05, 0.1) is 6.04 Å². The highest BCUT2D eigenvalue weighted by atomic mass is 16.2. The SMILES string of the molecule is CC(=O)[C@H](Cc1ccccc1)NC(=O)[C@@H](Cc1ccc2ccccc2c1)NC(=O)[C@@H](Cc1ccc2ccccc2c1)NC(=O)C1CCNCC1.CN(C(=O)[C@@H](Cc1ccc2ccccc2c1)NC(=O)C1CCNCC1)[C@H](Cc1ccc2ccccc2c1)C(=O)N[C@@H](Cc1ccccc1)C(N)=O.NC(=O)[C@H](Cc1ccccc1)NC(=O)[C@@H](Cc1c[nH]c2ccccc12)NC(=O)[C@@H](Cc1c[nH]c2ccccc12)NC(=O)C1CCNCC1. The Morgan fingerprint density at radius 2 is 0.537 bits per heavy atom. The zero-order valence-corrected chi connectivity index (χ0v) is 83.9. The molecule has 149 heavy (non-hydrogen) atoms. The molecule has 3 fully saturated rings. The summed E-state index contributed by atoms with van der Waals surface area (Å²) >= 11 is 0. The second-order valence-corrected chi connectivity index (χ2v) is 39.2. The number of nitrogens with two attached hydrogens (primary N) is 2. The zero-order valence-electron chi connectivity index (χ0n) is 83.9. The third-order valence-corrected chi connectivity index (χ3v) is 28.6. The molecule has 9 atom stereocenters. The van der Waals surface area contributed by atoms with Gasteiger partial charge in [-0.2, -0.15) is 0 Å². The molecule has 13 aromatic carbocycles. The molecule has 0 spiro atoms. The van der Waals surface area contributed by atoms with Gasteiger partial charge in [-0.05, 0) is 196 Å². The smallest absolute Gasteiger partial charge is 0.245 e. The van der Waals surface area contributed by atoms with Gasteiger partial charge in [-0.1, -0.05) is 297 Å². The standard InChI is InChI=1S/C42H45N5O4.C42H44N4O4.C37H41N7O4/c1-47(42(51)37(46-40(49)33-19-21-44-22-20-33)26-29-15-17-31-11-5-7-13-34(31)23-29)38(27-30-16-18-32-12-6-8-14-35(32)24-30)41(50)45-36(39(43)48)25-28-9-3-2-4-10-28;1-28(47)37(25-29-9-3-2-4-10-29)44-41(49)39(27-31-16-18-33-12-6-8-14-36(33)24-31)46-42(50)38(45-40(48)34-19-21-43-22-20-34)26-30-15-17-32-11-5-7-13-35(32)23-30;38-34(45)31(18-23-8-2-1-3-9-23)42-36(47)33(20-26-22-41-30-13-7-5-11-28(26)30)44-37(48)32(43-35(46)24-14-16-39-17-15-24)19-25-21-40-29-12-6-4-10-27(25)29/h2-18,23-24,33,36-38,44H,19-22,25-27H2,1H3,(H2,43,48)(H,45,50)(H,46,49);2-18,23-24,34,37-39,43H,19-22,25-27H2,1H3,(H,44,49)(H,45,48)(H,46,50);1-13,21-22,24,31-33,39-41H,14-20H2,(H2,38,45)(H,42,47)(H,43,46)(H,44,48)/t36-,37+,38+;37-,38+,39+;31-,32+,33+/m000/s1. The lowest BCUT2D eigenvalue weighted by Gasteiger charge is -2.33. The lowest BCUT2D eigenvalue weighted by atomic mass is 9.95. The van der Waals surface area contributed by atoms with E-state index in [9.17, 15) is 57.5 Å². The van der Waals surface area contributed by atoms with Crippen molar-refractivity contribution < 1.29 is 57.5 Å². The first-order valence-corrected chi connectivity index (χ1v) is 51.5. The summed E-state index contributed by atoms with van der Waals surface area (Å²) in [5.74, 6) is -5.56. The molecule has 766 valence electrons. The summed E-state index contributed by atoms with van der Waals surface area (Å²) in [5, 5.41) is 43.7. The number of amides is 11. The number of Topliss-reactive ketones (excluding diaryl/α,β-unsaturated/α-hetero) is 1. The number of para-hydroxylation sites is 2. The zero-order chi connectivity index (χ0) is 104. The van der Waals surface area contributed by atoms with Gasteiger partial charge in [0.1, 0.15) is 48.3 Å². The highest BCUT2D eigenvalue weighted by molar-refractivity contribution is 6.00. The number of rotatable bonds is 39. The Kier molecular flexibility index (Phi) is 36.6. The number of aromatic amines is 2. The average Bonchev–Trinajstić information content (AvgIpc) is 1.70. The molecule has 0 unspecified atom stereocenters. The number of carbonyl (C=O) groups excluding carboxylic acids is 12. The molecule has 3 saturated heterocycles. The second kappa shape index (κ2) is 51.7. The van der Waals surface area contributed by atoms with Crippen LogP contribution in [0.25, 0.3) is 64.9 Å². The fraction of sp³-hybridized carbons (Fsp3) is 0.289. The summed E-state index contributed by atoms with van der Waals surface area (Å²) < 4.78 is 0. The predicted molar refractivity (Wildman–Crippen MR) is 583 cm³/mol. The maximum Gasteiger partial charge on any atom is 0.245 e. The van der Waals surface area contributed by atoms with Crippen LogP contribution in [0.2, 0.25) is 0 Å². The van der Waals surface area contributed by atoms with Crippen molar-refractivity contribution in [3.63, 3.8) is 0 Å². The van der Waals surface area contributed by atoms with Crippen LogP contribution in [0.1, 0.15) is 95.5 Å². The van der Waals surface area contributed by atoms with E-state index in [2.05, 4.69) is 68.5 Å². The maximum absolute atomic E-state index is 14.6. The molecule has 0 saturated carbocycles. The van der Waals surface area contributed by atoms with Gasteiger partial charge in [-0.3, -0.25) is 57.5 Å². The first-order chi connectivity index (χ1) is 72.4. The second-order valence-electron chi connectivity index (χ2n) is 39.2. The summed E-state index contributed by atoms with van der Waals surface area (Å²) in [4.78, 5) is 172. The Balaban J connectivity index is 0.000000159. The van der Waals surface area contributed by atoms with Crippen molar-refractivity contribution in [2.75, 3.05) is 46.3 Å². The molecule has 15 aromatic rings. The molecule has 11 amide bonds. The normalized spacial score (nSPS) is 15.2. The Hall–Kier alpha value is -16.3. The van der Waals surface area contributed by atoms with Crippen LogP contribution in [0.4, 0.5) is 0 Å².